The smallest absolute Gasteiger partial charge is 0.313 e. The number of thioether (sulfide) groups is 1. The van der Waals surface area contributed by atoms with E-state index in [1.807, 2.05) is 0 Å². The first-order valence-electron chi connectivity index (χ1n) is 6.88. The molecule has 2 heterocycles. The predicted molar refractivity (Wildman–Crippen MR) is 83.3 cm³/mol. The number of aliphatic carboxylic acids is 1. The quantitative estimate of drug-likeness (QED) is 0.828. The number of carboxylic acids is 1. The van der Waals surface area contributed by atoms with Gasteiger partial charge in [-0.1, -0.05) is 11.8 Å². The molecule has 21 heavy (non-hydrogen) atoms. The highest BCUT2D eigenvalue weighted by molar-refractivity contribution is 7.99. The predicted octanol–water partition coefficient (Wildman–Crippen LogP) is 3.06. The van der Waals surface area contributed by atoms with Crippen molar-refractivity contribution in [1.82, 2.24) is 14.8 Å². The van der Waals surface area contributed by atoms with Gasteiger partial charge < -0.3 is 9.67 Å². The van der Waals surface area contributed by atoms with Gasteiger partial charge in [0.2, 0.25) is 0 Å². The van der Waals surface area contributed by atoms with E-state index in [1.165, 1.54) is 27.1 Å². The van der Waals surface area contributed by atoms with Crippen molar-refractivity contribution in [3.8, 4) is 0 Å². The van der Waals surface area contributed by atoms with Crippen LogP contribution in [0.25, 0.3) is 0 Å². The number of hydrogen-bond acceptors (Lipinski definition) is 5. The number of hydrogen-bond donors (Lipinski definition) is 1. The minimum atomic E-state index is -0.828. The summed E-state index contributed by atoms with van der Waals surface area (Å²) in [5, 5.41) is 18.0. The van der Waals surface area contributed by atoms with Crippen LogP contribution < -0.4 is 0 Å². The zero-order valence-corrected chi connectivity index (χ0v) is 13.6. The largest absolute Gasteiger partial charge is 0.481 e. The van der Waals surface area contributed by atoms with Crippen LogP contribution >= 0.6 is 23.1 Å². The third-order valence-corrected chi connectivity index (χ3v) is 5.63. The lowest BCUT2D eigenvalue weighted by molar-refractivity contribution is -0.133. The maximum atomic E-state index is 10.8. The number of carbonyl (C=O) groups is 1. The summed E-state index contributed by atoms with van der Waals surface area (Å²) in [5.41, 5.74) is 1.30. The van der Waals surface area contributed by atoms with Gasteiger partial charge in [0, 0.05) is 15.7 Å². The summed E-state index contributed by atoms with van der Waals surface area (Å²) in [6.45, 7) is 4.97. The van der Waals surface area contributed by atoms with Gasteiger partial charge in [-0.2, -0.15) is 0 Å². The van der Waals surface area contributed by atoms with E-state index in [-0.39, 0.29) is 5.75 Å². The van der Waals surface area contributed by atoms with Crippen LogP contribution in [0.3, 0.4) is 0 Å². The molecule has 2 aromatic heterocycles. The molecule has 0 unspecified atom stereocenters. The molecule has 7 heteroatoms. The maximum absolute atomic E-state index is 10.8. The Morgan fingerprint density at radius 2 is 2.24 bits per heavy atom. The molecule has 0 aliphatic heterocycles. The van der Waals surface area contributed by atoms with Crippen LogP contribution in [-0.2, 0) is 11.3 Å². The van der Waals surface area contributed by atoms with Crippen molar-refractivity contribution >= 4 is 29.1 Å². The average Bonchev–Trinajstić information content (AvgIpc) is 3.11. The second-order valence-corrected chi connectivity index (χ2v) is 7.62. The van der Waals surface area contributed by atoms with Crippen LogP contribution in [0.5, 0.6) is 0 Å². The Hall–Kier alpha value is -1.34. The molecule has 1 N–H and O–H groups in total. The molecule has 1 fully saturated rings. The van der Waals surface area contributed by atoms with Crippen LogP contribution in [0, 0.1) is 13.8 Å². The molecule has 0 saturated heterocycles. The summed E-state index contributed by atoms with van der Waals surface area (Å²) in [5.74, 6) is 0.696. The number of nitrogens with zero attached hydrogens (tertiary/aromatic N) is 3. The van der Waals surface area contributed by atoms with Gasteiger partial charge in [-0.15, -0.1) is 21.5 Å². The Balaban J connectivity index is 1.86. The van der Waals surface area contributed by atoms with Crippen LogP contribution in [0.2, 0.25) is 0 Å². The summed E-state index contributed by atoms with van der Waals surface area (Å²) in [6, 6.07) is 2.20. The standard InChI is InChI=1S/C14H17N3O2S2/c1-8-5-11(21-9(8)2)6-17-13(10-3-4-10)15-16-14(17)20-7-12(18)19/h5,10H,3-4,6-7H2,1-2H3,(H,18,19). The SMILES string of the molecule is Cc1cc(Cn2c(SCC(=O)O)nnc2C2CC2)sc1C. The summed E-state index contributed by atoms with van der Waals surface area (Å²) in [7, 11) is 0. The van der Waals surface area contributed by atoms with Crippen molar-refractivity contribution in [2.45, 2.75) is 44.3 Å². The molecule has 2 aromatic rings. The van der Waals surface area contributed by atoms with Gasteiger partial charge in [0.25, 0.3) is 0 Å². The van der Waals surface area contributed by atoms with Gasteiger partial charge in [-0.05, 0) is 38.3 Å². The lowest BCUT2D eigenvalue weighted by Crippen LogP contribution is -2.06. The highest BCUT2D eigenvalue weighted by Crippen LogP contribution is 2.40. The van der Waals surface area contributed by atoms with Crippen LogP contribution in [0.4, 0.5) is 0 Å². The maximum Gasteiger partial charge on any atom is 0.313 e. The fraction of sp³-hybridized carbons (Fsp3) is 0.500. The second kappa shape index (κ2) is 5.81. The van der Waals surface area contributed by atoms with Gasteiger partial charge in [0.1, 0.15) is 5.82 Å². The Morgan fingerprint density at radius 1 is 1.48 bits per heavy atom. The first-order valence-corrected chi connectivity index (χ1v) is 8.68. The summed E-state index contributed by atoms with van der Waals surface area (Å²) < 4.78 is 2.09. The minimum Gasteiger partial charge on any atom is -0.481 e. The molecule has 0 spiro atoms. The van der Waals surface area contributed by atoms with Crippen molar-refractivity contribution in [1.29, 1.82) is 0 Å². The van der Waals surface area contributed by atoms with Crippen LogP contribution in [0.15, 0.2) is 11.2 Å². The zero-order valence-electron chi connectivity index (χ0n) is 12.0. The average molecular weight is 323 g/mol. The normalized spacial score (nSPS) is 14.6. The lowest BCUT2D eigenvalue weighted by atomic mass is 10.3. The molecule has 0 amide bonds. The fourth-order valence-corrected chi connectivity index (χ4v) is 3.92. The lowest BCUT2D eigenvalue weighted by Gasteiger charge is -2.07. The molecule has 1 aliphatic carbocycles. The summed E-state index contributed by atoms with van der Waals surface area (Å²) in [4.78, 5) is 13.4. The number of aromatic nitrogens is 3. The summed E-state index contributed by atoms with van der Waals surface area (Å²) in [6.07, 6.45) is 2.31. The van der Waals surface area contributed by atoms with Crippen molar-refractivity contribution in [2.24, 2.45) is 0 Å². The van der Waals surface area contributed by atoms with Crippen LogP contribution in [-0.4, -0.2) is 31.6 Å². The number of rotatable bonds is 6. The van der Waals surface area contributed by atoms with Gasteiger partial charge in [-0.3, -0.25) is 4.79 Å². The Labute approximate surface area is 131 Å². The molecule has 1 aliphatic rings. The Bertz CT molecular complexity index is 654. The first-order chi connectivity index (χ1) is 10.0. The first kappa shape index (κ1) is 14.6. The molecule has 1 saturated carbocycles. The third kappa shape index (κ3) is 3.29. The van der Waals surface area contributed by atoms with Gasteiger partial charge in [0.15, 0.2) is 5.16 Å². The van der Waals surface area contributed by atoms with E-state index >= 15 is 0 Å². The van der Waals surface area contributed by atoms with Crippen molar-refractivity contribution in [3.05, 3.63) is 27.2 Å². The van der Waals surface area contributed by atoms with Crippen molar-refractivity contribution in [3.63, 3.8) is 0 Å². The number of thiophene rings is 1. The highest BCUT2D eigenvalue weighted by atomic mass is 32.2. The minimum absolute atomic E-state index is 0.0191. The number of carboxylic acid groups (broad SMARTS) is 1. The summed E-state index contributed by atoms with van der Waals surface area (Å²) >= 11 is 3.03. The highest BCUT2D eigenvalue weighted by Gasteiger charge is 2.30. The van der Waals surface area contributed by atoms with Gasteiger partial charge in [0.05, 0.1) is 12.3 Å². The Morgan fingerprint density at radius 3 is 2.81 bits per heavy atom. The molecule has 112 valence electrons. The van der Waals surface area contributed by atoms with E-state index in [2.05, 4.69) is 34.7 Å². The monoisotopic (exact) mass is 323 g/mol. The third-order valence-electron chi connectivity index (χ3n) is 3.54. The molecular formula is C14H17N3O2S2. The van der Waals surface area contributed by atoms with E-state index in [0.29, 0.717) is 11.1 Å². The Kier molecular flexibility index (Phi) is 4.03. The van der Waals surface area contributed by atoms with Crippen molar-refractivity contribution in [2.75, 3.05) is 5.75 Å². The molecule has 0 bridgehead atoms. The second-order valence-electron chi connectivity index (χ2n) is 5.34. The molecule has 0 atom stereocenters. The number of aryl methyl sites for hydroxylation is 2. The van der Waals surface area contributed by atoms with E-state index in [0.717, 1.165) is 25.2 Å². The van der Waals surface area contributed by atoms with E-state index < -0.39 is 5.97 Å². The van der Waals surface area contributed by atoms with E-state index in [4.69, 9.17) is 5.11 Å². The van der Waals surface area contributed by atoms with E-state index in [1.54, 1.807) is 11.3 Å². The van der Waals surface area contributed by atoms with Gasteiger partial charge in [-0.25, -0.2) is 0 Å². The van der Waals surface area contributed by atoms with Gasteiger partial charge >= 0.3 is 5.97 Å². The van der Waals surface area contributed by atoms with Crippen LogP contribution in [0.1, 0.15) is 39.9 Å². The molecular weight excluding hydrogens is 306 g/mol. The fourth-order valence-electron chi connectivity index (χ4n) is 2.21. The van der Waals surface area contributed by atoms with E-state index in [9.17, 15) is 4.79 Å². The zero-order chi connectivity index (χ0) is 15.0. The van der Waals surface area contributed by atoms with Crippen molar-refractivity contribution < 1.29 is 9.90 Å². The molecule has 3 rings (SSSR count). The molecule has 0 aromatic carbocycles. The topological polar surface area (TPSA) is 68.0 Å². The molecule has 0 radical (unpaired) electrons. The molecule has 5 nitrogen and oxygen atoms in total.